The van der Waals surface area contributed by atoms with Crippen LogP contribution in [-0.4, -0.2) is 81.1 Å². The summed E-state index contributed by atoms with van der Waals surface area (Å²) in [6, 6.07) is 17.3. The second-order valence-corrected chi connectivity index (χ2v) is 15.9. The molecule has 258 valence electrons. The first kappa shape index (κ1) is 35.6. The van der Waals surface area contributed by atoms with Gasteiger partial charge in [-0.25, -0.2) is 0 Å². The maximum atomic E-state index is 15.3. The molecule has 6 atom stereocenters. The molecule has 1 N–H and O–H groups in total. The number of aliphatic hydroxyl groups excluding tert-OH is 1. The van der Waals surface area contributed by atoms with Gasteiger partial charge in [-0.1, -0.05) is 81.5 Å². The van der Waals surface area contributed by atoms with Crippen LogP contribution in [0.5, 0.6) is 0 Å². The molecule has 3 fully saturated rings. The van der Waals surface area contributed by atoms with Crippen LogP contribution in [0.2, 0.25) is 0 Å². The van der Waals surface area contributed by atoms with Gasteiger partial charge in [-0.05, 0) is 69.6 Å². The number of hydrogen-bond acceptors (Lipinski definition) is 5. The van der Waals surface area contributed by atoms with Crippen molar-refractivity contribution >= 4 is 23.4 Å². The van der Waals surface area contributed by atoms with E-state index in [0.29, 0.717) is 31.4 Å². The lowest BCUT2D eigenvalue weighted by atomic mass is 9.65. The first-order chi connectivity index (χ1) is 22.6. The van der Waals surface area contributed by atoms with Gasteiger partial charge in [0.2, 0.25) is 17.7 Å². The third kappa shape index (κ3) is 6.25. The lowest BCUT2D eigenvalue weighted by Crippen LogP contribution is -2.62. The second kappa shape index (κ2) is 13.3. The maximum Gasteiger partial charge on any atom is 0.249 e. The number of carbonyl (C=O) groups excluding carboxylic acids is 3. The number of benzene rings is 2. The summed E-state index contributed by atoms with van der Waals surface area (Å²) >= 11 is 0. The van der Waals surface area contributed by atoms with E-state index in [-0.39, 0.29) is 42.8 Å². The van der Waals surface area contributed by atoms with Crippen molar-refractivity contribution in [1.82, 2.24) is 9.80 Å². The van der Waals surface area contributed by atoms with Crippen LogP contribution < -0.4 is 4.90 Å². The third-order valence-electron chi connectivity index (χ3n) is 10.5. The Bertz CT molecular complexity index is 1520. The van der Waals surface area contributed by atoms with Crippen molar-refractivity contribution in [2.45, 2.75) is 96.1 Å². The number of ether oxygens (including phenoxy) is 1. The van der Waals surface area contributed by atoms with Crippen molar-refractivity contribution in [2.24, 2.45) is 17.3 Å². The van der Waals surface area contributed by atoms with Crippen LogP contribution in [0.1, 0.15) is 66.4 Å². The topological polar surface area (TPSA) is 90.4 Å². The maximum absolute atomic E-state index is 15.3. The predicted octanol–water partition coefficient (Wildman–Crippen LogP) is 5.80. The minimum Gasteiger partial charge on any atom is -0.394 e. The second-order valence-electron chi connectivity index (χ2n) is 15.9. The van der Waals surface area contributed by atoms with Gasteiger partial charge >= 0.3 is 0 Å². The van der Waals surface area contributed by atoms with Crippen LogP contribution in [0.4, 0.5) is 5.69 Å². The van der Waals surface area contributed by atoms with Crippen LogP contribution in [0.3, 0.4) is 0 Å². The number of fused-ring (bicyclic) bond motifs is 1. The molecule has 48 heavy (non-hydrogen) atoms. The SMILES string of the molecule is C=CCN(C(=O)[C@H]1[C@H]2C(=O)N([C@@H](CO)Cc3ccccc3)C(C(=O)N(CC=C)C(C)(C)CC(C)(C)C)C23CC[C@]1(C)O3)c1ccccc1. The summed E-state index contributed by atoms with van der Waals surface area (Å²) in [6.07, 6.45) is 5.44. The lowest BCUT2D eigenvalue weighted by Gasteiger charge is -2.46. The van der Waals surface area contributed by atoms with E-state index in [2.05, 4.69) is 47.8 Å². The largest absolute Gasteiger partial charge is 0.394 e. The van der Waals surface area contributed by atoms with Gasteiger partial charge < -0.3 is 24.5 Å². The highest BCUT2D eigenvalue weighted by Gasteiger charge is 2.79. The first-order valence-electron chi connectivity index (χ1n) is 17.2. The Labute approximate surface area is 286 Å². The van der Waals surface area contributed by atoms with Crippen molar-refractivity contribution in [3.05, 3.63) is 91.5 Å². The Morgan fingerprint density at radius 2 is 1.58 bits per heavy atom. The highest BCUT2D eigenvalue weighted by Crippen LogP contribution is 2.64. The molecule has 0 saturated carbocycles. The average Bonchev–Trinajstić information content (AvgIpc) is 3.61. The molecule has 5 rings (SSSR count). The molecule has 8 nitrogen and oxygen atoms in total. The molecule has 0 aromatic heterocycles. The fraction of sp³-hybridized carbons (Fsp3) is 0.525. The van der Waals surface area contributed by atoms with Crippen LogP contribution in [0.15, 0.2) is 86.0 Å². The van der Waals surface area contributed by atoms with Crippen LogP contribution >= 0.6 is 0 Å². The predicted molar refractivity (Wildman–Crippen MR) is 189 cm³/mol. The molecule has 1 spiro atoms. The molecule has 0 aliphatic carbocycles. The monoisotopic (exact) mass is 655 g/mol. The van der Waals surface area contributed by atoms with Gasteiger partial charge in [-0.2, -0.15) is 0 Å². The molecule has 3 aliphatic heterocycles. The summed E-state index contributed by atoms with van der Waals surface area (Å²) in [5.74, 6) is -2.50. The van der Waals surface area contributed by atoms with Crippen LogP contribution in [0.25, 0.3) is 0 Å². The van der Waals surface area contributed by atoms with Crippen molar-refractivity contribution in [3.8, 4) is 0 Å². The van der Waals surface area contributed by atoms with Gasteiger partial charge in [-0.15, -0.1) is 13.2 Å². The summed E-state index contributed by atoms with van der Waals surface area (Å²) < 4.78 is 7.00. The van der Waals surface area contributed by atoms with Crippen molar-refractivity contribution in [3.63, 3.8) is 0 Å². The number of aliphatic hydroxyl groups is 1. The molecular formula is C40H53N3O5. The highest BCUT2D eigenvalue weighted by molar-refractivity contribution is 6.03. The zero-order valence-corrected chi connectivity index (χ0v) is 29.5. The molecule has 0 radical (unpaired) electrons. The number of nitrogens with zero attached hydrogens (tertiary/aromatic N) is 3. The van der Waals surface area contributed by atoms with Gasteiger partial charge in [0.1, 0.15) is 11.6 Å². The van der Waals surface area contributed by atoms with Gasteiger partial charge in [0, 0.05) is 24.3 Å². The molecule has 3 amide bonds. The molecule has 2 unspecified atom stereocenters. The van der Waals surface area contributed by atoms with Gasteiger partial charge in [0.25, 0.3) is 0 Å². The smallest absolute Gasteiger partial charge is 0.249 e. The Kier molecular flexibility index (Phi) is 9.84. The molecule has 2 bridgehead atoms. The minimum absolute atomic E-state index is 0.0878. The van der Waals surface area contributed by atoms with Crippen LogP contribution in [-0.2, 0) is 25.5 Å². The zero-order chi connectivity index (χ0) is 35.1. The average molecular weight is 656 g/mol. The minimum atomic E-state index is -1.23. The number of carbonyl (C=O) groups is 3. The van der Waals surface area contributed by atoms with E-state index in [1.54, 1.807) is 22.0 Å². The molecule has 3 saturated heterocycles. The summed E-state index contributed by atoms with van der Waals surface area (Å²) in [6.45, 7) is 20.5. The summed E-state index contributed by atoms with van der Waals surface area (Å²) in [5.41, 5.74) is -1.22. The van der Waals surface area contributed by atoms with E-state index in [0.717, 1.165) is 5.56 Å². The summed E-state index contributed by atoms with van der Waals surface area (Å²) in [7, 11) is 0. The molecule has 2 aromatic carbocycles. The Hall–Kier alpha value is -3.75. The third-order valence-corrected chi connectivity index (χ3v) is 10.5. The fourth-order valence-corrected chi connectivity index (χ4v) is 9.08. The van der Waals surface area contributed by atoms with Crippen LogP contribution in [0, 0.1) is 17.3 Å². The Morgan fingerprint density at radius 1 is 0.979 bits per heavy atom. The summed E-state index contributed by atoms with van der Waals surface area (Å²) in [5, 5.41) is 10.9. The van der Waals surface area contributed by atoms with E-state index >= 15 is 9.59 Å². The van der Waals surface area contributed by atoms with Crippen molar-refractivity contribution < 1.29 is 24.2 Å². The molecule has 3 heterocycles. The summed E-state index contributed by atoms with van der Waals surface area (Å²) in [4.78, 5) is 50.2. The zero-order valence-electron chi connectivity index (χ0n) is 29.5. The van der Waals surface area contributed by atoms with Crippen molar-refractivity contribution in [1.29, 1.82) is 0 Å². The number of rotatable bonds is 13. The van der Waals surface area contributed by atoms with Gasteiger partial charge in [-0.3, -0.25) is 14.4 Å². The number of likely N-dealkylation sites (tertiary alicyclic amines) is 1. The first-order valence-corrected chi connectivity index (χ1v) is 17.2. The van der Waals surface area contributed by atoms with E-state index in [9.17, 15) is 9.90 Å². The molecule has 3 aliphatic rings. The van der Waals surface area contributed by atoms with Gasteiger partial charge in [0.15, 0.2) is 0 Å². The number of para-hydroxylation sites is 1. The van der Waals surface area contributed by atoms with E-state index in [1.807, 2.05) is 72.5 Å². The van der Waals surface area contributed by atoms with Crippen molar-refractivity contribution in [2.75, 3.05) is 24.6 Å². The number of amides is 3. The lowest BCUT2D eigenvalue weighted by molar-refractivity contribution is -0.158. The standard InChI is InChI=1S/C40H53N3O5/c1-9-23-41(29-19-15-12-16-20-29)34(45)31-32-35(46)43(30(26-44)25-28-17-13-11-14-18-28)33(40(32)22-21-39(31,8)48-40)36(47)42(24-10-2)38(6,7)27-37(3,4)5/h9-20,30-33,44H,1-2,21-27H2,3-8H3/t30-,31-,32+,33?,39+,40?/m1/s1. The normalized spacial score (nSPS) is 27.0. The van der Waals surface area contributed by atoms with Gasteiger partial charge in [0.05, 0.1) is 30.1 Å². The quantitative estimate of drug-likeness (QED) is 0.276. The molecular weight excluding hydrogens is 602 g/mol. The van der Waals surface area contributed by atoms with E-state index in [1.165, 1.54) is 0 Å². The fourth-order valence-electron chi connectivity index (χ4n) is 9.08. The highest BCUT2D eigenvalue weighted by atomic mass is 16.5. The number of anilines is 1. The Balaban J connectivity index is 1.65. The van der Waals surface area contributed by atoms with E-state index < -0.39 is 40.7 Å². The Morgan fingerprint density at radius 3 is 2.15 bits per heavy atom. The number of hydrogen-bond donors (Lipinski definition) is 1. The molecule has 8 heteroatoms. The van der Waals surface area contributed by atoms with E-state index in [4.69, 9.17) is 4.74 Å². The molecule has 2 aromatic rings.